The van der Waals surface area contributed by atoms with Gasteiger partial charge >= 0.3 is 5.97 Å². The van der Waals surface area contributed by atoms with Gasteiger partial charge in [0.15, 0.2) is 0 Å². The Kier molecular flexibility index (Phi) is 4.99. The lowest BCUT2D eigenvalue weighted by Crippen LogP contribution is -2.44. The molecule has 0 radical (unpaired) electrons. The normalized spacial score (nSPS) is 22.1. The average molecular weight is 420 g/mol. The predicted molar refractivity (Wildman–Crippen MR) is 118 cm³/mol. The van der Waals surface area contributed by atoms with E-state index in [0.29, 0.717) is 28.9 Å². The number of benzene rings is 2. The Morgan fingerprint density at radius 3 is 2.35 bits per heavy atom. The number of carboxylic acid groups (broad SMARTS) is 1. The van der Waals surface area contributed by atoms with Crippen molar-refractivity contribution in [2.24, 2.45) is 11.3 Å². The highest BCUT2D eigenvalue weighted by Crippen LogP contribution is 2.65. The standard InChI is InChI=1S/C26H29NO4/c1-31-23-10-9-20(25(29)30)15-21(23)17-5-7-18(8-6-17)22-16-26(22)11-13-27(14-12-26)24(28)19-3-2-4-19/h5-10,15,19,22H,2-4,11-14,16H2,1H3,(H,29,30)/t22-/m1/s1. The molecule has 3 fully saturated rings. The van der Waals surface area contributed by atoms with Crippen molar-refractivity contribution in [2.45, 2.75) is 44.4 Å². The van der Waals surface area contributed by atoms with E-state index in [1.807, 2.05) is 0 Å². The first kappa shape index (κ1) is 20.1. The van der Waals surface area contributed by atoms with Crippen molar-refractivity contribution < 1.29 is 19.4 Å². The van der Waals surface area contributed by atoms with E-state index in [-0.39, 0.29) is 5.56 Å². The van der Waals surface area contributed by atoms with Gasteiger partial charge in [-0.1, -0.05) is 30.7 Å². The Bertz CT molecular complexity index is 1000. The first-order chi connectivity index (χ1) is 15.0. The Morgan fingerprint density at radius 1 is 1.06 bits per heavy atom. The van der Waals surface area contributed by atoms with Crippen LogP contribution in [0.3, 0.4) is 0 Å². The van der Waals surface area contributed by atoms with Crippen LogP contribution in [0.2, 0.25) is 0 Å². The second-order valence-corrected chi connectivity index (χ2v) is 9.41. The molecule has 2 aliphatic carbocycles. The highest BCUT2D eigenvalue weighted by Gasteiger charge is 2.55. The number of ether oxygens (including phenoxy) is 1. The van der Waals surface area contributed by atoms with Crippen LogP contribution < -0.4 is 4.74 Å². The van der Waals surface area contributed by atoms with Crippen molar-refractivity contribution in [2.75, 3.05) is 20.2 Å². The summed E-state index contributed by atoms with van der Waals surface area (Å²) in [6.07, 6.45) is 6.78. The molecule has 2 saturated carbocycles. The fraction of sp³-hybridized carbons (Fsp3) is 0.462. The molecule has 0 aromatic heterocycles. The van der Waals surface area contributed by atoms with Crippen LogP contribution in [0.25, 0.3) is 11.1 Å². The zero-order valence-corrected chi connectivity index (χ0v) is 18.0. The molecule has 1 saturated heterocycles. The predicted octanol–water partition coefficient (Wildman–Crippen LogP) is 4.96. The van der Waals surface area contributed by atoms with Crippen molar-refractivity contribution in [1.29, 1.82) is 0 Å². The van der Waals surface area contributed by atoms with Crippen molar-refractivity contribution >= 4 is 11.9 Å². The third-order valence-corrected chi connectivity index (χ3v) is 7.79. The van der Waals surface area contributed by atoms with E-state index in [2.05, 4.69) is 29.2 Å². The molecule has 1 N–H and O–H groups in total. The molecular weight excluding hydrogens is 390 g/mol. The number of likely N-dealkylation sites (tertiary alicyclic amines) is 1. The van der Waals surface area contributed by atoms with Gasteiger partial charge in [0.25, 0.3) is 0 Å². The molecule has 2 aromatic rings. The second-order valence-electron chi connectivity index (χ2n) is 9.41. The maximum atomic E-state index is 12.5. The number of methoxy groups -OCH3 is 1. The van der Waals surface area contributed by atoms with Gasteiger partial charge in [0, 0.05) is 24.6 Å². The molecule has 5 nitrogen and oxygen atoms in total. The molecule has 5 heteroatoms. The molecule has 0 unspecified atom stereocenters. The van der Waals surface area contributed by atoms with E-state index in [4.69, 9.17) is 4.74 Å². The first-order valence-corrected chi connectivity index (χ1v) is 11.3. The highest BCUT2D eigenvalue weighted by molar-refractivity contribution is 5.90. The van der Waals surface area contributed by atoms with Gasteiger partial charge in [-0.05, 0) is 72.8 Å². The van der Waals surface area contributed by atoms with E-state index in [1.165, 1.54) is 18.4 Å². The number of aromatic carboxylic acids is 1. The van der Waals surface area contributed by atoms with Gasteiger partial charge in [0.2, 0.25) is 5.91 Å². The van der Waals surface area contributed by atoms with E-state index in [1.54, 1.807) is 25.3 Å². The van der Waals surface area contributed by atoms with E-state index in [0.717, 1.165) is 49.9 Å². The molecular formula is C26H29NO4. The fourth-order valence-electron chi connectivity index (χ4n) is 5.42. The number of amides is 1. The minimum absolute atomic E-state index is 0.254. The summed E-state index contributed by atoms with van der Waals surface area (Å²) in [5.41, 5.74) is 3.71. The van der Waals surface area contributed by atoms with Gasteiger partial charge < -0.3 is 14.7 Å². The lowest BCUT2D eigenvalue weighted by atomic mass is 9.82. The van der Waals surface area contributed by atoms with Crippen LogP contribution in [0, 0.1) is 11.3 Å². The Balaban J connectivity index is 1.27. The molecule has 162 valence electrons. The van der Waals surface area contributed by atoms with Crippen molar-refractivity contribution in [3.05, 3.63) is 53.6 Å². The van der Waals surface area contributed by atoms with E-state index < -0.39 is 5.97 Å². The summed E-state index contributed by atoms with van der Waals surface area (Å²) in [5.74, 6) is 0.981. The smallest absolute Gasteiger partial charge is 0.335 e. The topological polar surface area (TPSA) is 66.8 Å². The largest absolute Gasteiger partial charge is 0.496 e. The summed E-state index contributed by atoms with van der Waals surface area (Å²) >= 11 is 0. The Morgan fingerprint density at radius 2 is 1.77 bits per heavy atom. The molecule has 1 aliphatic heterocycles. The van der Waals surface area contributed by atoms with E-state index in [9.17, 15) is 14.7 Å². The molecule has 1 spiro atoms. The molecule has 5 rings (SSSR count). The summed E-state index contributed by atoms with van der Waals surface area (Å²) in [6, 6.07) is 13.4. The van der Waals surface area contributed by atoms with Gasteiger partial charge in [-0.2, -0.15) is 0 Å². The van der Waals surface area contributed by atoms with E-state index >= 15 is 0 Å². The maximum Gasteiger partial charge on any atom is 0.335 e. The van der Waals surface area contributed by atoms with Gasteiger partial charge in [-0.3, -0.25) is 4.79 Å². The number of carbonyl (C=O) groups excluding carboxylic acids is 1. The summed E-state index contributed by atoms with van der Waals surface area (Å²) < 4.78 is 5.45. The van der Waals surface area contributed by atoms with Crippen LogP contribution in [0.5, 0.6) is 5.75 Å². The van der Waals surface area contributed by atoms with Crippen molar-refractivity contribution in [3.8, 4) is 16.9 Å². The Labute approximate surface area is 183 Å². The quantitative estimate of drug-likeness (QED) is 0.744. The Hall–Kier alpha value is -2.82. The average Bonchev–Trinajstić information content (AvgIpc) is 3.45. The third-order valence-electron chi connectivity index (χ3n) is 7.79. The fourth-order valence-corrected chi connectivity index (χ4v) is 5.42. The number of hydrogen-bond acceptors (Lipinski definition) is 3. The minimum atomic E-state index is -0.942. The van der Waals surface area contributed by atoms with Crippen LogP contribution in [0.15, 0.2) is 42.5 Å². The number of nitrogens with zero attached hydrogens (tertiary/aromatic N) is 1. The summed E-state index contributed by atoms with van der Waals surface area (Å²) in [6.45, 7) is 1.81. The summed E-state index contributed by atoms with van der Waals surface area (Å²) in [4.78, 5) is 26.0. The van der Waals surface area contributed by atoms with Gasteiger partial charge in [-0.15, -0.1) is 0 Å². The van der Waals surface area contributed by atoms with Crippen LogP contribution in [0.4, 0.5) is 0 Å². The highest BCUT2D eigenvalue weighted by atomic mass is 16.5. The first-order valence-electron chi connectivity index (χ1n) is 11.3. The number of piperidine rings is 1. The minimum Gasteiger partial charge on any atom is -0.496 e. The molecule has 1 heterocycles. The van der Waals surface area contributed by atoms with Crippen molar-refractivity contribution in [3.63, 3.8) is 0 Å². The monoisotopic (exact) mass is 419 g/mol. The van der Waals surface area contributed by atoms with Crippen molar-refractivity contribution in [1.82, 2.24) is 4.90 Å². The SMILES string of the molecule is COc1ccc(C(=O)O)cc1-c1ccc([C@H]2CC23CCN(C(=O)C2CCC2)CC3)cc1. The summed E-state index contributed by atoms with van der Waals surface area (Å²) in [5, 5.41) is 9.32. The summed E-state index contributed by atoms with van der Waals surface area (Å²) in [7, 11) is 1.60. The number of carboxylic acids is 1. The molecule has 1 atom stereocenters. The molecule has 1 amide bonds. The zero-order chi connectivity index (χ0) is 21.6. The van der Waals surface area contributed by atoms with Crippen LogP contribution >= 0.6 is 0 Å². The number of hydrogen-bond donors (Lipinski definition) is 1. The lowest BCUT2D eigenvalue weighted by molar-refractivity contribution is -0.139. The van der Waals surface area contributed by atoms with Crippen LogP contribution in [0.1, 0.15) is 60.4 Å². The molecule has 0 bridgehead atoms. The molecule has 3 aliphatic rings. The van der Waals surface area contributed by atoms with Gasteiger partial charge in [0.05, 0.1) is 12.7 Å². The van der Waals surface area contributed by atoms with Crippen LogP contribution in [-0.2, 0) is 4.79 Å². The number of rotatable bonds is 5. The third kappa shape index (κ3) is 3.60. The lowest BCUT2D eigenvalue weighted by Gasteiger charge is -2.37. The second kappa shape index (κ2) is 7.70. The van der Waals surface area contributed by atoms with Crippen LogP contribution in [-0.4, -0.2) is 42.1 Å². The molecule has 31 heavy (non-hydrogen) atoms. The zero-order valence-electron chi connectivity index (χ0n) is 18.0. The number of carbonyl (C=O) groups is 2. The molecule has 2 aromatic carbocycles. The van der Waals surface area contributed by atoms with Gasteiger partial charge in [-0.25, -0.2) is 4.79 Å². The van der Waals surface area contributed by atoms with Gasteiger partial charge in [0.1, 0.15) is 5.75 Å². The maximum absolute atomic E-state index is 12.5.